The van der Waals surface area contributed by atoms with Crippen LogP contribution in [0.4, 0.5) is 5.82 Å². The largest absolute Gasteiger partial charge is 0.353 e. The van der Waals surface area contributed by atoms with E-state index in [1.807, 2.05) is 17.0 Å². The summed E-state index contributed by atoms with van der Waals surface area (Å²) in [6.07, 6.45) is 1.12. The number of hydrogen-bond acceptors (Lipinski definition) is 6. The van der Waals surface area contributed by atoms with Crippen molar-refractivity contribution >= 4 is 21.6 Å². The van der Waals surface area contributed by atoms with Crippen LogP contribution in [0.5, 0.6) is 0 Å². The number of rotatable bonds is 3. The average molecular weight is 370 g/mol. The maximum absolute atomic E-state index is 12.7. The number of piperazine rings is 1. The lowest BCUT2D eigenvalue weighted by Gasteiger charge is -2.35. The standard InChI is InChI=1S/C18H18N4O3S/c1-26(24,25)16-6-2-4-14(12-16)18(23)22-10-8-21(9-11-22)17-7-3-5-15(13-19)20-17/h2-7,12H,8-11H2,1H3. The van der Waals surface area contributed by atoms with Crippen LogP contribution in [0.2, 0.25) is 0 Å². The summed E-state index contributed by atoms with van der Waals surface area (Å²) in [6.45, 7) is 2.19. The molecule has 3 rings (SSSR count). The number of aromatic nitrogens is 1. The Hall–Kier alpha value is -2.92. The van der Waals surface area contributed by atoms with Gasteiger partial charge in [-0.25, -0.2) is 13.4 Å². The van der Waals surface area contributed by atoms with E-state index in [-0.39, 0.29) is 10.8 Å². The Morgan fingerprint density at radius 1 is 1.12 bits per heavy atom. The van der Waals surface area contributed by atoms with Gasteiger partial charge < -0.3 is 9.80 Å². The lowest BCUT2D eigenvalue weighted by Crippen LogP contribution is -2.49. The SMILES string of the molecule is CS(=O)(=O)c1cccc(C(=O)N2CCN(c3cccc(C#N)n3)CC2)c1. The molecule has 8 heteroatoms. The Bertz CT molecular complexity index is 974. The molecule has 0 N–H and O–H groups in total. The van der Waals surface area contributed by atoms with Gasteiger partial charge in [0.25, 0.3) is 5.91 Å². The molecule has 0 spiro atoms. The third-order valence-electron chi connectivity index (χ3n) is 4.25. The lowest BCUT2D eigenvalue weighted by atomic mass is 10.2. The second kappa shape index (κ2) is 7.14. The molecule has 1 aliphatic heterocycles. The Morgan fingerprint density at radius 3 is 2.46 bits per heavy atom. The predicted octanol–water partition coefficient (Wildman–Crippen LogP) is 1.32. The van der Waals surface area contributed by atoms with Crippen LogP contribution < -0.4 is 4.90 Å². The van der Waals surface area contributed by atoms with Gasteiger partial charge in [-0.05, 0) is 30.3 Å². The van der Waals surface area contributed by atoms with E-state index in [0.29, 0.717) is 37.4 Å². The van der Waals surface area contributed by atoms with Crippen molar-refractivity contribution in [2.45, 2.75) is 4.90 Å². The molecule has 134 valence electrons. The fourth-order valence-corrected chi connectivity index (χ4v) is 3.51. The maximum Gasteiger partial charge on any atom is 0.254 e. The molecule has 0 bridgehead atoms. The Labute approximate surface area is 152 Å². The summed E-state index contributed by atoms with van der Waals surface area (Å²) in [5.74, 6) is 0.532. The summed E-state index contributed by atoms with van der Waals surface area (Å²) in [5.41, 5.74) is 0.726. The van der Waals surface area contributed by atoms with E-state index in [1.165, 1.54) is 12.1 Å². The average Bonchev–Trinajstić information content (AvgIpc) is 2.67. The van der Waals surface area contributed by atoms with Crippen LogP contribution in [-0.2, 0) is 9.84 Å². The van der Waals surface area contributed by atoms with Crippen molar-refractivity contribution < 1.29 is 13.2 Å². The van der Waals surface area contributed by atoms with Gasteiger partial charge in [0, 0.05) is 38.0 Å². The first-order valence-corrected chi connectivity index (χ1v) is 9.99. The van der Waals surface area contributed by atoms with E-state index in [4.69, 9.17) is 5.26 Å². The fourth-order valence-electron chi connectivity index (χ4n) is 2.84. The Morgan fingerprint density at radius 2 is 1.81 bits per heavy atom. The van der Waals surface area contributed by atoms with Gasteiger partial charge in [-0.15, -0.1) is 0 Å². The van der Waals surface area contributed by atoms with Crippen LogP contribution in [0.25, 0.3) is 0 Å². The number of sulfone groups is 1. The zero-order chi connectivity index (χ0) is 18.7. The van der Waals surface area contributed by atoms with Gasteiger partial charge in [-0.1, -0.05) is 12.1 Å². The second-order valence-corrected chi connectivity index (χ2v) is 8.09. The van der Waals surface area contributed by atoms with Crippen LogP contribution in [0.1, 0.15) is 16.1 Å². The summed E-state index contributed by atoms with van der Waals surface area (Å²) >= 11 is 0. The highest BCUT2D eigenvalue weighted by Crippen LogP contribution is 2.17. The minimum atomic E-state index is -3.35. The topological polar surface area (TPSA) is 94.4 Å². The number of pyridine rings is 1. The number of nitriles is 1. The minimum absolute atomic E-state index is 0.138. The molecule has 7 nitrogen and oxygen atoms in total. The molecule has 0 radical (unpaired) electrons. The Kier molecular flexibility index (Phi) is 4.91. The van der Waals surface area contributed by atoms with Crippen LogP contribution in [-0.4, -0.2) is 56.6 Å². The molecule has 2 aromatic rings. The molecule has 1 aromatic carbocycles. The molecule has 2 heterocycles. The molecule has 1 aliphatic rings. The zero-order valence-electron chi connectivity index (χ0n) is 14.3. The summed E-state index contributed by atoms with van der Waals surface area (Å²) < 4.78 is 23.3. The molecular formula is C18H18N4O3S. The van der Waals surface area contributed by atoms with Crippen molar-refractivity contribution in [1.29, 1.82) is 5.26 Å². The monoisotopic (exact) mass is 370 g/mol. The van der Waals surface area contributed by atoms with Crippen molar-refractivity contribution in [3.8, 4) is 6.07 Å². The normalized spacial score (nSPS) is 14.8. The molecule has 0 atom stereocenters. The zero-order valence-corrected chi connectivity index (χ0v) is 15.1. The van der Waals surface area contributed by atoms with Crippen LogP contribution >= 0.6 is 0 Å². The highest BCUT2D eigenvalue weighted by Gasteiger charge is 2.23. The molecule has 1 saturated heterocycles. The number of carbonyl (C=O) groups excluding carboxylic acids is 1. The number of nitrogens with zero attached hydrogens (tertiary/aromatic N) is 4. The number of hydrogen-bond donors (Lipinski definition) is 0. The number of amides is 1. The molecular weight excluding hydrogens is 352 g/mol. The van der Waals surface area contributed by atoms with Crippen molar-refractivity contribution in [3.63, 3.8) is 0 Å². The van der Waals surface area contributed by atoms with E-state index in [9.17, 15) is 13.2 Å². The van der Waals surface area contributed by atoms with E-state index in [2.05, 4.69) is 4.98 Å². The predicted molar refractivity (Wildman–Crippen MR) is 96.6 cm³/mol. The van der Waals surface area contributed by atoms with E-state index < -0.39 is 9.84 Å². The lowest BCUT2D eigenvalue weighted by molar-refractivity contribution is 0.0746. The van der Waals surface area contributed by atoms with Gasteiger partial charge >= 0.3 is 0 Å². The highest BCUT2D eigenvalue weighted by molar-refractivity contribution is 7.90. The quantitative estimate of drug-likeness (QED) is 0.809. The molecule has 1 fully saturated rings. The first-order chi connectivity index (χ1) is 12.4. The first-order valence-electron chi connectivity index (χ1n) is 8.10. The van der Waals surface area contributed by atoms with Gasteiger partial charge in [-0.2, -0.15) is 5.26 Å². The number of benzene rings is 1. The molecule has 1 aromatic heterocycles. The van der Waals surface area contributed by atoms with E-state index in [0.717, 1.165) is 12.1 Å². The third-order valence-corrected chi connectivity index (χ3v) is 5.36. The minimum Gasteiger partial charge on any atom is -0.353 e. The van der Waals surface area contributed by atoms with E-state index in [1.54, 1.807) is 29.2 Å². The van der Waals surface area contributed by atoms with E-state index >= 15 is 0 Å². The van der Waals surface area contributed by atoms with Crippen LogP contribution in [0, 0.1) is 11.3 Å². The molecule has 0 unspecified atom stereocenters. The first kappa shape index (κ1) is 17.9. The van der Waals surface area contributed by atoms with Gasteiger partial charge in [0.2, 0.25) is 0 Å². The van der Waals surface area contributed by atoms with Crippen molar-refractivity contribution in [1.82, 2.24) is 9.88 Å². The van der Waals surface area contributed by atoms with Gasteiger partial charge in [0.15, 0.2) is 9.84 Å². The maximum atomic E-state index is 12.7. The van der Waals surface area contributed by atoms with Gasteiger partial charge in [0.05, 0.1) is 4.90 Å². The van der Waals surface area contributed by atoms with Gasteiger partial charge in [-0.3, -0.25) is 4.79 Å². The van der Waals surface area contributed by atoms with Crippen molar-refractivity contribution in [2.24, 2.45) is 0 Å². The third kappa shape index (κ3) is 3.83. The summed E-state index contributed by atoms with van der Waals surface area (Å²) in [5, 5.41) is 8.95. The molecule has 0 saturated carbocycles. The highest BCUT2D eigenvalue weighted by atomic mass is 32.2. The molecule has 26 heavy (non-hydrogen) atoms. The second-order valence-electron chi connectivity index (χ2n) is 6.07. The molecule has 1 amide bonds. The summed E-state index contributed by atoms with van der Waals surface area (Å²) in [7, 11) is -3.35. The van der Waals surface area contributed by atoms with Gasteiger partial charge in [0.1, 0.15) is 17.6 Å². The fraction of sp³-hybridized carbons (Fsp3) is 0.278. The van der Waals surface area contributed by atoms with Crippen molar-refractivity contribution in [2.75, 3.05) is 37.3 Å². The molecule has 0 aliphatic carbocycles. The van der Waals surface area contributed by atoms with Crippen molar-refractivity contribution in [3.05, 3.63) is 53.7 Å². The van der Waals surface area contributed by atoms with Crippen LogP contribution in [0.15, 0.2) is 47.4 Å². The Balaban J connectivity index is 1.70. The number of carbonyl (C=O) groups is 1. The smallest absolute Gasteiger partial charge is 0.254 e. The summed E-state index contributed by atoms with van der Waals surface area (Å²) in [6, 6.07) is 13.4. The number of anilines is 1. The summed E-state index contributed by atoms with van der Waals surface area (Å²) in [4.78, 5) is 20.8. The van der Waals surface area contributed by atoms with Crippen LogP contribution in [0.3, 0.4) is 0 Å².